The maximum Gasteiger partial charge on any atom is 0.0611 e. The van der Waals surface area contributed by atoms with Gasteiger partial charge in [0, 0.05) is 0 Å². The molecule has 0 aromatic carbocycles. The Bertz CT molecular complexity index is 161. The van der Waals surface area contributed by atoms with Gasteiger partial charge in [-0.2, -0.15) is 0 Å². The Balaban J connectivity index is 1.87. The van der Waals surface area contributed by atoms with E-state index in [1.54, 1.807) is 0 Å². The molecule has 0 amide bonds. The summed E-state index contributed by atoms with van der Waals surface area (Å²) in [5.41, 5.74) is 0. The summed E-state index contributed by atoms with van der Waals surface area (Å²) in [6.07, 6.45) is 14.8. The summed E-state index contributed by atoms with van der Waals surface area (Å²) in [6, 6.07) is 0. The van der Waals surface area contributed by atoms with Crippen molar-refractivity contribution in [2.45, 2.75) is 68.3 Å². The summed E-state index contributed by atoms with van der Waals surface area (Å²) in [6.45, 7) is 0. The van der Waals surface area contributed by atoms with Gasteiger partial charge in [0.1, 0.15) is 0 Å². The lowest BCUT2D eigenvalue weighted by molar-refractivity contribution is 0.494. The van der Waals surface area contributed by atoms with E-state index in [0.717, 1.165) is 0 Å². The molecule has 88 valence electrons. The van der Waals surface area contributed by atoms with E-state index in [-0.39, 0.29) is 0 Å². The molecule has 0 atom stereocenters. The van der Waals surface area contributed by atoms with Crippen molar-refractivity contribution in [2.75, 3.05) is 11.5 Å². The van der Waals surface area contributed by atoms with Crippen LogP contribution >= 0.6 is 23.5 Å². The molecule has 2 aliphatic rings. The third-order valence-electron chi connectivity index (χ3n) is 3.63. The van der Waals surface area contributed by atoms with E-state index in [1.165, 1.54) is 75.7 Å². The Labute approximate surface area is 103 Å². The van der Waals surface area contributed by atoms with E-state index in [9.17, 15) is 0 Å². The summed E-state index contributed by atoms with van der Waals surface area (Å²) >= 11 is 4.58. The highest BCUT2D eigenvalue weighted by atomic mass is 32.2. The molecule has 0 nitrogen and oxygen atoms in total. The van der Waals surface area contributed by atoms with Gasteiger partial charge in [-0.15, -0.1) is 23.5 Å². The van der Waals surface area contributed by atoms with E-state index in [1.807, 2.05) is 0 Å². The van der Waals surface area contributed by atoms with E-state index >= 15 is 0 Å². The van der Waals surface area contributed by atoms with Crippen molar-refractivity contribution in [3.05, 3.63) is 0 Å². The Morgan fingerprint density at radius 3 is 1.53 bits per heavy atom. The lowest BCUT2D eigenvalue weighted by Gasteiger charge is -2.37. The quantitative estimate of drug-likeness (QED) is 0.583. The Morgan fingerprint density at radius 2 is 1.00 bits per heavy atom. The molecule has 1 heterocycles. The first-order valence-electron chi connectivity index (χ1n) is 6.69. The van der Waals surface area contributed by atoms with Crippen LogP contribution in [0.1, 0.15) is 64.2 Å². The second kappa shape index (κ2) is 6.44. The molecule has 1 saturated carbocycles. The number of hydrogen-bond donors (Lipinski definition) is 0. The molecule has 0 aromatic rings. The third-order valence-corrected chi connectivity index (χ3v) is 7.20. The molecule has 2 fully saturated rings. The third kappa shape index (κ3) is 3.89. The van der Waals surface area contributed by atoms with E-state index in [0.29, 0.717) is 4.08 Å². The first kappa shape index (κ1) is 12.2. The van der Waals surface area contributed by atoms with Gasteiger partial charge in [-0.25, -0.2) is 0 Å². The molecular weight excluding hydrogens is 220 g/mol. The SMILES string of the molecule is C1CCCCC2(CCCC1)SCCCS2. The molecule has 0 N–H and O–H groups in total. The topological polar surface area (TPSA) is 0 Å². The molecule has 0 aromatic heterocycles. The van der Waals surface area contributed by atoms with Crippen molar-refractivity contribution < 1.29 is 0 Å². The average Bonchev–Trinajstić information content (AvgIpc) is 2.29. The first-order chi connectivity index (χ1) is 7.41. The highest BCUT2D eigenvalue weighted by Crippen LogP contribution is 2.49. The summed E-state index contributed by atoms with van der Waals surface area (Å²) in [7, 11) is 0. The lowest BCUT2D eigenvalue weighted by atomic mass is 10.0. The molecule has 2 rings (SSSR count). The average molecular weight is 244 g/mol. The zero-order valence-corrected chi connectivity index (χ0v) is 11.4. The maximum atomic E-state index is 2.29. The second-order valence-electron chi connectivity index (χ2n) is 4.94. The Hall–Kier alpha value is 0.700. The van der Waals surface area contributed by atoms with Crippen LogP contribution in [0.3, 0.4) is 0 Å². The molecule has 15 heavy (non-hydrogen) atoms. The Morgan fingerprint density at radius 1 is 0.533 bits per heavy atom. The highest BCUT2D eigenvalue weighted by molar-refractivity contribution is 8.18. The smallest absolute Gasteiger partial charge is 0.0611 e. The molecule has 0 radical (unpaired) electrons. The molecule has 1 aliphatic heterocycles. The van der Waals surface area contributed by atoms with Gasteiger partial charge in [0.2, 0.25) is 0 Å². The summed E-state index contributed by atoms with van der Waals surface area (Å²) in [5, 5.41) is 0. The second-order valence-corrected chi connectivity index (χ2v) is 8.15. The molecule has 0 bridgehead atoms. The predicted octanol–water partition coefficient (Wildman–Crippen LogP) is 5.08. The van der Waals surface area contributed by atoms with Gasteiger partial charge in [0.05, 0.1) is 4.08 Å². The van der Waals surface area contributed by atoms with Crippen molar-refractivity contribution >= 4 is 23.5 Å². The van der Waals surface area contributed by atoms with Crippen LogP contribution < -0.4 is 0 Å². The van der Waals surface area contributed by atoms with Gasteiger partial charge in [0.15, 0.2) is 0 Å². The van der Waals surface area contributed by atoms with Crippen LogP contribution in [0.2, 0.25) is 0 Å². The minimum atomic E-state index is 0.648. The number of hydrogen-bond acceptors (Lipinski definition) is 2. The summed E-state index contributed by atoms with van der Waals surface area (Å²) in [4.78, 5) is 0. The normalized spacial score (nSPS) is 28.8. The van der Waals surface area contributed by atoms with Crippen molar-refractivity contribution in [1.82, 2.24) is 0 Å². The zero-order valence-electron chi connectivity index (χ0n) is 9.80. The molecule has 0 unspecified atom stereocenters. The standard InChI is InChI=1S/C13H24S2/c1-2-4-6-9-13(10-7-5-3-1)14-11-8-12-15-13/h1-12H2. The van der Waals surface area contributed by atoms with Crippen molar-refractivity contribution in [1.29, 1.82) is 0 Å². The van der Waals surface area contributed by atoms with Crippen LogP contribution in [0.5, 0.6) is 0 Å². The van der Waals surface area contributed by atoms with E-state index < -0.39 is 0 Å². The minimum absolute atomic E-state index is 0.648. The van der Waals surface area contributed by atoms with Crippen molar-refractivity contribution in [3.63, 3.8) is 0 Å². The number of rotatable bonds is 0. The molecule has 2 heteroatoms. The Kier molecular flexibility index (Phi) is 5.22. The van der Waals surface area contributed by atoms with Gasteiger partial charge in [-0.3, -0.25) is 0 Å². The van der Waals surface area contributed by atoms with Crippen LogP contribution in [-0.4, -0.2) is 15.6 Å². The van der Waals surface area contributed by atoms with Crippen LogP contribution in [0, 0.1) is 0 Å². The minimum Gasteiger partial charge on any atom is -0.144 e. The molecule has 1 aliphatic carbocycles. The molecule has 1 saturated heterocycles. The monoisotopic (exact) mass is 244 g/mol. The largest absolute Gasteiger partial charge is 0.144 e. The lowest BCUT2D eigenvalue weighted by Crippen LogP contribution is -2.25. The van der Waals surface area contributed by atoms with Gasteiger partial charge in [-0.05, 0) is 30.8 Å². The van der Waals surface area contributed by atoms with Gasteiger partial charge >= 0.3 is 0 Å². The zero-order chi connectivity index (χ0) is 10.4. The maximum absolute atomic E-state index is 2.29. The summed E-state index contributed by atoms with van der Waals surface area (Å²) < 4.78 is 0.648. The van der Waals surface area contributed by atoms with E-state index in [4.69, 9.17) is 0 Å². The van der Waals surface area contributed by atoms with Crippen molar-refractivity contribution in [2.24, 2.45) is 0 Å². The highest BCUT2D eigenvalue weighted by Gasteiger charge is 2.32. The van der Waals surface area contributed by atoms with Gasteiger partial charge in [0.25, 0.3) is 0 Å². The van der Waals surface area contributed by atoms with Gasteiger partial charge < -0.3 is 0 Å². The van der Waals surface area contributed by atoms with Crippen LogP contribution in [-0.2, 0) is 0 Å². The number of thioether (sulfide) groups is 2. The van der Waals surface area contributed by atoms with Gasteiger partial charge in [-0.1, -0.05) is 44.9 Å². The fourth-order valence-corrected chi connectivity index (χ4v) is 6.20. The van der Waals surface area contributed by atoms with Crippen LogP contribution in [0.4, 0.5) is 0 Å². The fraction of sp³-hybridized carbons (Fsp3) is 1.00. The fourth-order valence-electron chi connectivity index (χ4n) is 2.70. The van der Waals surface area contributed by atoms with Crippen LogP contribution in [0.15, 0.2) is 0 Å². The van der Waals surface area contributed by atoms with Crippen LogP contribution in [0.25, 0.3) is 0 Å². The first-order valence-corrected chi connectivity index (χ1v) is 8.66. The molecule has 1 spiro atoms. The summed E-state index contributed by atoms with van der Waals surface area (Å²) in [5.74, 6) is 2.85. The molecular formula is C13H24S2. The van der Waals surface area contributed by atoms with Crippen molar-refractivity contribution in [3.8, 4) is 0 Å². The van der Waals surface area contributed by atoms with E-state index in [2.05, 4.69) is 23.5 Å². The predicted molar refractivity (Wildman–Crippen MR) is 73.8 cm³/mol.